The predicted molar refractivity (Wildman–Crippen MR) is 126 cm³/mol. The lowest BCUT2D eigenvalue weighted by Crippen LogP contribution is -2.29. The normalized spacial score (nSPS) is 18.9. The second-order valence-electron chi connectivity index (χ2n) is 8.28. The van der Waals surface area contributed by atoms with Crippen LogP contribution in [0.4, 0.5) is 13.2 Å². The Morgan fingerprint density at radius 1 is 1.38 bits per heavy atom. The van der Waals surface area contributed by atoms with Gasteiger partial charge in [-0.25, -0.2) is 4.98 Å². The molecule has 1 N–H and O–H groups in total. The number of aromatic nitrogens is 1. The van der Waals surface area contributed by atoms with E-state index in [1.165, 1.54) is 6.20 Å². The van der Waals surface area contributed by atoms with Crippen LogP contribution in [0.2, 0.25) is 0 Å². The molecule has 0 spiro atoms. The number of hydrogen-bond acceptors (Lipinski definition) is 6. The number of rotatable bonds is 10. The number of Topliss-reactive ketones (excluding diaryl/α,β-unsaturated/α-hetero) is 1. The molecule has 1 aromatic heterocycles. The zero-order chi connectivity index (χ0) is 24.6. The standard InChI is InChI=1S/C25H29F3N4O2/c1-3-21(22(33)12-20-8-4-5-9-30-20)23-19(7-6-10-31-23)15-29-13-18-11-17(2)24(32-14-18)34-16-25(26,27)28/h4-6,9-11,14-15,20-21,31H,3,7-8,12-13,16H2,1-2H3. The Morgan fingerprint density at radius 3 is 2.88 bits per heavy atom. The number of nitrogens with one attached hydrogen (secondary N) is 1. The topological polar surface area (TPSA) is 75.9 Å². The van der Waals surface area contributed by atoms with Gasteiger partial charge in [-0.05, 0) is 55.7 Å². The number of aliphatic imine (C=N–C) groups is 2. The van der Waals surface area contributed by atoms with Crippen LogP contribution in [0.3, 0.4) is 0 Å². The number of dihydropyridines is 2. The van der Waals surface area contributed by atoms with Crippen LogP contribution in [0.1, 0.15) is 43.7 Å². The molecule has 0 aliphatic carbocycles. The summed E-state index contributed by atoms with van der Waals surface area (Å²) in [4.78, 5) is 25.9. The molecule has 3 heterocycles. The second kappa shape index (κ2) is 11.8. The quantitative estimate of drug-likeness (QED) is 0.482. The van der Waals surface area contributed by atoms with E-state index in [9.17, 15) is 18.0 Å². The van der Waals surface area contributed by atoms with Gasteiger partial charge in [-0.15, -0.1) is 0 Å². The number of carbonyl (C=O) groups is 1. The third-order valence-electron chi connectivity index (χ3n) is 5.53. The molecule has 0 radical (unpaired) electrons. The summed E-state index contributed by atoms with van der Waals surface area (Å²) in [7, 11) is 0. The molecule has 3 rings (SSSR count). The average molecular weight is 475 g/mol. The van der Waals surface area contributed by atoms with Gasteiger partial charge in [0, 0.05) is 36.3 Å². The van der Waals surface area contributed by atoms with Gasteiger partial charge in [-0.2, -0.15) is 13.2 Å². The molecule has 182 valence electrons. The van der Waals surface area contributed by atoms with Crippen molar-refractivity contribution < 1.29 is 22.7 Å². The van der Waals surface area contributed by atoms with Gasteiger partial charge in [-0.3, -0.25) is 14.8 Å². The van der Waals surface area contributed by atoms with Crippen molar-refractivity contribution in [2.75, 3.05) is 6.61 Å². The van der Waals surface area contributed by atoms with Crippen molar-refractivity contribution >= 4 is 18.2 Å². The Bertz CT molecular complexity index is 1030. The van der Waals surface area contributed by atoms with E-state index in [1.54, 1.807) is 25.4 Å². The molecule has 0 saturated heterocycles. The van der Waals surface area contributed by atoms with Crippen molar-refractivity contribution in [3.63, 3.8) is 0 Å². The molecule has 2 atom stereocenters. The number of nitrogens with zero attached hydrogens (tertiary/aromatic N) is 3. The van der Waals surface area contributed by atoms with E-state index in [0.29, 0.717) is 31.4 Å². The number of ether oxygens (including phenoxy) is 1. The molecule has 2 aliphatic heterocycles. The zero-order valence-corrected chi connectivity index (χ0v) is 19.3. The van der Waals surface area contributed by atoms with E-state index < -0.39 is 12.8 Å². The Morgan fingerprint density at radius 2 is 2.21 bits per heavy atom. The first-order valence-corrected chi connectivity index (χ1v) is 11.3. The molecule has 2 aliphatic rings. The molecule has 0 aromatic carbocycles. The number of halogens is 3. The van der Waals surface area contributed by atoms with Gasteiger partial charge in [0.2, 0.25) is 5.88 Å². The maximum absolute atomic E-state index is 13.0. The predicted octanol–water partition coefficient (Wildman–Crippen LogP) is 5.05. The van der Waals surface area contributed by atoms with Crippen LogP contribution >= 0.6 is 0 Å². The van der Waals surface area contributed by atoms with Crippen LogP contribution in [-0.4, -0.2) is 42.0 Å². The number of allylic oxidation sites excluding steroid dienone is 4. The van der Waals surface area contributed by atoms with Gasteiger partial charge >= 0.3 is 6.18 Å². The highest BCUT2D eigenvalue weighted by Gasteiger charge is 2.29. The number of pyridine rings is 1. The van der Waals surface area contributed by atoms with Crippen LogP contribution in [0.25, 0.3) is 0 Å². The van der Waals surface area contributed by atoms with Gasteiger partial charge in [0.25, 0.3) is 0 Å². The Hall–Kier alpha value is -3.23. The van der Waals surface area contributed by atoms with E-state index >= 15 is 0 Å². The molecule has 9 heteroatoms. The number of hydrogen-bond donors (Lipinski definition) is 1. The fraction of sp³-hybridized carbons (Fsp3) is 0.440. The molecule has 0 bridgehead atoms. The molecule has 0 saturated carbocycles. The first-order chi connectivity index (χ1) is 16.3. The number of aryl methyl sites for hydroxylation is 1. The maximum atomic E-state index is 13.0. The second-order valence-corrected chi connectivity index (χ2v) is 8.28. The zero-order valence-electron chi connectivity index (χ0n) is 19.3. The Balaban J connectivity index is 1.66. The summed E-state index contributed by atoms with van der Waals surface area (Å²) in [6, 6.07) is 1.70. The van der Waals surface area contributed by atoms with Gasteiger partial charge < -0.3 is 10.1 Å². The smallest absolute Gasteiger partial charge is 0.422 e. The maximum Gasteiger partial charge on any atom is 0.422 e. The monoisotopic (exact) mass is 474 g/mol. The summed E-state index contributed by atoms with van der Waals surface area (Å²) in [6.07, 6.45) is 10.8. The van der Waals surface area contributed by atoms with E-state index in [1.807, 2.05) is 31.4 Å². The third-order valence-corrected chi connectivity index (χ3v) is 5.53. The Kier molecular flexibility index (Phi) is 8.79. The van der Waals surface area contributed by atoms with Crippen molar-refractivity contribution in [2.45, 2.75) is 58.3 Å². The number of alkyl halides is 3. The first kappa shape index (κ1) is 25.4. The van der Waals surface area contributed by atoms with Crippen LogP contribution in [0.5, 0.6) is 5.88 Å². The van der Waals surface area contributed by atoms with Crippen molar-refractivity contribution in [1.82, 2.24) is 10.3 Å². The van der Waals surface area contributed by atoms with Crippen LogP contribution in [-0.2, 0) is 11.3 Å². The van der Waals surface area contributed by atoms with Gasteiger partial charge in [0.05, 0.1) is 18.5 Å². The summed E-state index contributed by atoms with van der Waals surface area (Å²) in [5, 5.41) is 3.24. The summed E-state index contributed by atoms with van der Waals surface area (Å²) >= 11 is 0. The van der Waals surface area contributed by atoms with Crippen molar-refractivity contribution in [3.05, 3.63) is 59.1 Å². The van der Waals surface area contributed by atoms with Crippen LogP contribution < -0.4 is 10.1 Å². The molecule has 0 fully saturated rings. The van der Waals surface area contributed by atoms with Crippen LogP contribution in [0.15, 0.2) is 57.9 Å². The molecule has 34 heavy (non-hydrogen) atoms. The van der Waals surface area contributed by atoms with E-state index in [0.717, 1.165) is 23.3 Å². The highest BCUT2D eigenvalue weighted by molar-refractivity contribution is 5.88. The molecule has 6 nitrogen and oxygen atoms in total. The minimum atomic E-state index is -4.41. The van der Waals surface area contributed by atoms with E-state index in [2.05, 4.69) is 20.3 Å². The minimum absolute atomic E-state index is 0.0118. The largest absolute Gasteiger partial charge is 0.468 e. The van der Waals surface area contributed by atoms with Crippen molar-refractivity contribution in [2.24, 2.45) is 15.9 Å². The highest BCUT2D eigenvalue weighted by atomic mass is 19.4. The van der Waals surface area contributed by atoms with Crippen LogP contribution in [0, 0.1) is 12.8 Å². The highest BCUT2D eigenvalue weighted by Crippen LogP contribution is 2.25. The van der Waals surface area contributed by atoms with Crippen molar-refractivity contribution in [3.8, 4) is 5.88 Å². The third kappa shape index (κ3) is 7.40. The lowest BCUT2D eigenvalue weighted by atomic mass is 9.88. The molecule has 0 amide bonds. The van der Waals surface area contributed by atoms with Gasteiger partial charge in [0.1, 0.15) is 5.78 Å². The van der Waals surface area contributed by atoms with Gasteiger partial charge in [-0.1, -0.05) is 19.1 Å². The summed E-state index contributed by atoms with van der Waals surface area (Å²) in [5.74, 6) is -0.154. The molecule has 2 unspecified atom stereocenters. The average Bonchev–Trinajstić information content (AvgIpc) is 2.80. The fourth-order valence-corrected chi connectivity index (χ4v) is 3.89. The summed E-state index contributed by atoms with van der Waals surface area (Å²) in [6.45, 7) is 2.57. The van der Waals surface area contributed by atoms with Gasteiger partial charge in [0.15, 0.2) is 6.61 Å². The first-order valence-electron chi connectivity index (χ1n) is 11.3. The fourth-order valence-electron chi connectivity index (χ4n) is 3.89. The SMILES string of the molecule is CCC(C(=O)CC1CC=CC=N1)C1=C(C=NCc2cnc(OCC(F)(F)F)c(C)c2)CC=CN1. The molecular formula is C25H29F3N4O2. The Labute approximate surface area is 197 Å². The van der Waals surface area contributed by atoms with Crippen molar-refractivity contribution in [1.29, 1.82) is 0 Å². The summed E-state index contributed by atoms with van der Waals surface area (Å²) < 4.78 is 41.8. The van der Waals surface area contributed by atoms with E-state index in [4.69, 9.17) is 4.74 Å². The molecule has 1 aromatic rings. The summed E-state index contributed by atoms with van der Waals surface area (Å²) in [5.41, 5.74) is 3.06. The number of carbonyl (C=O) groups excluding carboxylic acids is 1. The molecular weight excluding hydrogens is 445 g/mol. The lowest BCUT2D eigenvalue weighted by molar-refractivity contribution is -0.154. The minimum Gasteiger partial charge on any atom is -0.468 e. The number of ketones is 1. The lowest BCUT2D eigenvalue weighted by Gasteiger charge is -2.24. The van der Waals surface area contributed by atoms with E-state index in [-0.39, 0.29) is 23.6 Å².